The van der Waals surface area contributed by atoms with Gasteiger partial charge in [-0.15, -0.1) is 0 Å². The number of piperidine rings is 1. The van der Waals surface area contributed by atoms with Gasteiger partial charge in [0, 0.05) is 18.6 Å². The molecule has 2 heteroatoms. The van der Waals surface area contributed by atoms with E-state index < -0.39 is 0 Å². The first-order valence-corrected chi connectivity index (χ1v) is 6.58. The lowest BCUT2D eigenvalue weighted by Crippen LogP contribution is -2.51. The van der Waals surface area contributed by atoms with E-state index >= 15 is 0 Å². The molecule has 1 aliphatic carbocycles. The van der Waals surface area contributed by atoms with Gasteiger partial charge in [-0.2, -0.15) is 0 Å². The first-order valence-electron chi connectivity index (χ1n) is 6.58. The third-order valence-electron chi connectivity index (χ3n) is 4.66. The molecule has 1 saturated heterocycles. The van der Waals surface area contributed by atoms with Crippen molar-refractivity contribution >= 4 is 0 Å². The van der Waals surface area contributed by atoms with E-state index in [0.717, 1.165) is 12.1 Å². The summed E-state index contributed by atoms with van der Waals surface area (Å²) in [6, 6.07) is 1.58. The molecule has 0 bridgehead atoms. The Kier molecular flexibility index (Phi) is 3.36. The molecule has 2 atom stereocenters. The SMILES string of the molecule is CNCC1CCCCN1C(C)C1(C)CC1. The predicted octanol–water partition coefficient (Wildman–Crippen LogP) is 2.25. The van der Waals surface area contributed by atoms with Gasteiger partial charge in [0.05, 0.1) is 0 Å². The lowest BCUT2D eigenvalue weighted by molar-refractivity contribution is 0.0676. The molecule has 2 fully saturated rings. The molecule has 88 valence electrons. The average Bonchev–Trinajstić information content (AvgIpc) is 2.98. The maximum atomic E-state index is 3.35. The lowest BCUT2D eigenvalue weighted by atomic mass is 9.93. The second kappa shape index (κ2) is 4.42. The maximum Gasteiger partial charge on any atom is 0.0223 e. The minimum Gasteiger partial charge on any atom is -0.318 e. The van der Waals surface area contributed by atoms with Crippen LogP contribution in [0.3, 0.4) is 0 Å². The van der Waals surface area contributed by atoms with Crippen LogP contribution in [-0.2, 0) is 0 Å². The largest absolute Gasteiger partial charge is 0.318 e. The zero-order valence-corrected chi connectivity index (χ0v) is 10.6. The van der Waals surface area contributed by atoms with Gasteiger partial charge in [0.2, 0.25) is 0 Å². The second-order valence-corrected chi connectivity index (χ2v) is 5.78. The van der Waals surface area contributed by atoms with E-state index in [4.69, 9.17) is 0 Å². The Morgan fingerprint density at radius 3 is 2.73 bits per heavy atom. The molecule has 0 aromatic rings. The monoisotopic (exact) mass is 210 g/mol. The number of nitrogens with one attached hydrogen (secondary N) is 1. The summed E-state index contributed by atoms with van der Waals surface area (Å²) in [7, 11) is 2.08. The smallest absolute Gasteiger partial charge is 0.0223 e. The van der Waals surface area contributed by atoms with E-state index in [2.05, 4.69) is 31.1 Å². The van der Waals surface area contributed by atoms with Gasteiger partial charge in [0.25, 0.3) is 0 Å². The van der Waals surface area contributed by atoms with Gasteiger partial charge in [-0.3, -0.25) is 4.90 Å². The standard InChI is InChI=1S/C13H26N2/c1-11(13(2)7-8-13)15-9-5-4-6-12(15)10-14-3/h11-12,14H,4-10H2,1-3H3. The first-order chi connectivity index (χ1) is 7.17. The molecule has 2 unspecified atom stereocenters. The predicted molar refractivity (Wildman–Crippen MR) is 65.1 cm³/mol. The van der Waals surface area contributed by atoms with Crippen LogP contribution in [0.2, 0.25) is 0 Å². The van der Waals surface area contributed by atoms with Crippen molar-refractivity contribution in [2.75, 3.05) is 20.1 Å². The molecule has 15 heavy (non-hydrogen) atoms. The van der Waals surface area contributed by atoms with Crippen molar-refractivity contribution in [1.29, 1.82) is 0 Å². The molecule has 0 aromatic heterocycles. The van der Waals surface area contributed by atoms with Crippen LogP contribution in [0.4, 0.5) is 0 Å². The molecular formula is C13H26N2. The Balaban J connectivity index is 1.97. The lowest BCUT2D eigenvalue weighted by Gasteiger charge is -2.42. The molecule has 1 saturated carbocycles. The summed E-state index contributed by atoms with van der Waals surface area (Å²) >= 11 is 0. The number of hydrogen-bond donors (Lipinski definition) is 1. The zero-order valence-electron chi connectivity index (χ0n) is 10.6. The van der Waals surface area contributed by atoms with Gasteiger partial charge in [-0.1, -0.05) is 13.3 Å². The highest BCUT2D eigenvalue weighted by Gasteiger charge is 2.46. The van der Waals surface area contributed by atoms with Crippen molar-refractivity contribution in [2.45, 2.75) is 58.0 Å². The van der Waals surface area contributed by atoms with E-state index in [0.29, 0.717) is 5.41 Å². The summed E-state index contributed by atoms with van der Waals surface area (Å²) in [5.41, 5.74) is 0.642. The van der Waals surface area contributed by atoms with Crippen LogP contribution < -0.4 is 5.32 Å². The van der Waals surface area contributed by atoms with E-state index in [-0.39, 0.29) is 0 Å². The summed E-state index contributed by atoms with van der Waals surface area (Å²) in [4.78, 5) is 2.77. The summed E-state index contributed by atoms with van der Waals surface area (Å²) in [6.07, 6.45) is 7.10. The minimum absolute atomic E-state index is 0.642. The van der Waals surface area contributed by atoms with E-state index in [1.807, 2.05) is 0 Å². The molecule has 0 spiro atoms. The van der Waals surface area contributed by atoms with Crippen LogP contribution in [0.25, 0.3) is 0 Å². The number of hydrogen-bond acceptors (Lipinski definition) is 2. The van der Waals surface area contributed by atoms with E-state index in [9.17, 15) is 0 Å². The van der Waals surface area contributed by atoms with Crippen LogP contribution in [0, 0.1) is 5.41 Å². The molecule has 2 aliphatic rings. The third kappa shape index (κ3) is 2.36. The second-order valence-electron chi connectivity index (χ2n) is 5.78. The van der Waals surface area contributed by atoms with Crippen LogP contribution in [-0.4, -0.2) is 37.1 Å². The van der Waals surface area contributed by atoms with Crippen molar-refractivity contribution in [1.82, 2.24) is 10.2 Å². The highest BCUT2D eigenvalue weighted by molar-refractivity contribution is 4.99. The number of likely N-dealkylation sites (N-methyl/N-ethyl adjacent to an activating group) is 1. The molecule has 2 rings (SSSR count). The van der Waals surface area contributed by atoms with Crippen molar-refractivity contribution in [3.63, 3.8) is 0 Å². The van der Waals surface area contributed by atoms with Gasteiger partial charge in [0.1, 0.15) is 0 Å². The van der Waals surface area contributed by atoms with Gasteiger partial charge < -0.3 is 5.32 Å². The number of rotatable bonds is 4. The quantitative estimate of drug-likeness (QED) is 0.765. The Bertz CT molecular complexity index is 209. The number of nitrogens with zero attached hydrogens (tertiary/aromatic N) is 1. The van der Waals surface area contributed by atoms with E-state index in [1.54, 1.807) is 0 Å². The zero-order chi connectivity index (χ0) is 10.9. The van der Waals surface area contributed by atoms with Crippen LogP contribution in [0.15, 0.2) is 0 Å². The van der Waals surface area contributed by atoms with Crippen molar-refractivity contribution in [3.8, 4) is 0 Å². The Hall–Kier alpha value is -0.0800. The summed E-state index contributed by atoms with van der Waals surface area (Å²) in [6.45, 7) is 7.40. The fourth-order valence-corrected chi connectivity index (χ4v) is 3.00. The Morgan fingerprint density at radius 1 is 1.40 bits per heavy atom. The molecule has 1 N–H and O–H groups in total. The highest BCUT2D eigenvalue weighted by atomic mass is 15.2. The van der Waals surface area contributed by atoms with Gasteiger partial charge in [-0.05, 0) is 51.6 Å². The van der Waals surface area contributed by atoms with Crippen LogP contribution >= 0.6 is 0 Å². The molecular weight excluding hydrogens is 184 g/mol. The summed E-state index contributed by atoms with van der Waals surface area (Å²) < 4.78 is 0. The molecule has 0 amide bonds. The van der Waals surface area contributed by atoms with E-state index in [1.165, 1.54) is 45.2 Å². The fraction of sp³-hybridized carbons (Fsp3) is 1.00. The van der Waals surface area contributed by atoms with Crippen molar-refractivity contribution < 1.29 is 0 Å². The van der Waals surface area contributed by atoms with Crippen molar-refractivity contribution in [3.05, 3.63) is 0 Å². The van der Waals surface area contributed by atoms with Crippen LogP contribution in [0.5, 0.6) is 0 Å². The number of likely N-dealkylation sites (tertiary alicyclic amines) is 1. The molecule has 0 radical (unpaired) electrons. The van der Waals surface area contributed by atoms with Gasteiger partial charge >= 0.3 is 0 Å². The van der Waals surface area contributed by atoms with Crippen molar-refractivity contribution in [2.24, 2.45) is 5.41 Å². The molecule has 1 aliphatic heterocycles. The Labute approximate surface area is 94.4 Å². The summed E-state index contributed by atoms with van der Waals surface area (Å²) in [5.74, 6) is 0. The topological polar surface area (TPSA) is 15.3 Å². The summed E-state index contributed by atoms with van der Waals surface area (Å²) in [5, 5.41) is 3.35. The normalized spacial score (nSPS) is 32.6. The minimum atomic E-state index is 0.642. The Morgan fingerprint density at radius 2 is 2.13 bits per heavy atom. The molecule has 0 aromatic carbocycles. The van der Waals surface area contributed by atoms with Gasteiger partial charge in [0.15, 0.2) is 0 Å². The molecule has 1 heterocycles. The maximum absolute atomic E-state index is 3.35. The van der Waals surface area contributed by atoms with Crippen LogP contribution in [0.1, 0.15) is 46.0 Å². The molecule has 2 nitrogen and oxygen atoms in total. The highest BCUT2D eigenvalue weighted by Crippen LogP contribution is 2.50. The van der Waals surface area contributed by atoms with Gasteiger partial charge in [-0.25, -0.2) is 0 Å². The first kappa shape index (κ1) is 11.4. The fourth-order valence-electron chi connectivity index (χ4n) is 3.00. The average molecular weight is 210 g/mol. The third-order valence-corrected chi connectivity index (χ3v) is 4.66.